The van der Waals surface area contributed by atoms with E-state index in [1.807, 2.05) is 36.4 Å². The van der Waals surface area contributed by atoms with Crippen LogP contribution in [0.15, 0.2) is 73.2 Å². The first-order valence-corrected chi connectivity index (χ1v) is 10.2. The molecule has 0 aliphatic heterocycles. The molecule has 0 unspecified atom stereocenters. The summed E-state index contributed by atoms with van der Waals surface area (Å²) in [5, 5.41) is 4.72. The number of rotatable bonds is 5. The molecule has 4 heterocycles. The van der Waals surface area contributed by atoms with E-state index in [-0.39, 0.29) is 0 Å². The van der Waals surface area contributed by atoms with E-state index in [0.29, 0.717) is 12.4 Å². The molecule has 0 fully saturated rings. The number of fused-ring (bicyclic) bond motifs is 1. The van der Waals surface area contributed by atoms with E-state index in [1.165, 1.54) is 22.2 Å². The van der Waals surface area contributed by atoms with Gasteiger partial charge in [-0.05, 0) is 61.4 Å². The Hall–Kier alpha value is -4.06. The fourth-order valence-electron chi connectivity index (χ4n) is 3.62. The third kappa shape index (κ3) is 3.88. The summed E-state index contributed by atoms with van der Waals surface area (Å²) in [6, 6.07) is 18.1. The van der Waals surface area contributed by atoms with E-state index < -0.39 is 0 Å². The highest BCUT2D eigenvalue weighted by molar-refractivity contribution is 5.85. The first-order chi connectivity index (χ1) is 15.2. The van der Waals surface area contributed by atoms with Gasteiger partial charge in [-0.15, -0.1) is 0 Å². The fraction of sp³-hybridized carbons (Fsp3) is 0.120. The third-order valence-corrected chi connectivity index (χ3v) is 5.42. The number of benzene rings is 1. The van der Waals surface area contributed by atoms with Gasteiger partial charge in [0, 0.05) is 53.4 Å². The number of hydrogen-bond donors (Lipinski definition) is 2. The number of anilines is 1. The summed E-state index contributed by atoms with van der Waals surface area (Å²) in [4.78, 5) is 21.5. The Morgan fingerprint density at radius 2 is 1.84 bits per heavy atom. The quantitative estimate of drug-likeness (QED) is 0.413. The van der Waals surface area contributed by atoms with Gasteiger partial charge in [0.15, 0.2) is 5.82 Å². The minimum absolute atomic E-state index is 0.581. The summed E-state index contributed by atoms with van der Waals surface area (Å²) in [6.07, 6.45) is 5.31. The van der Waals surface area contributed by atoms with Crippen LogP contribution in [-0.2, 0) is 6.54 Å². The molecule has 152 valence electrons. The van der Waals surface area contributed by atoms with Crippen molar-refractivity contribution in [3.05, 3.63) is 90.0 Å². The smallest absolute Gasteiger partial charge is 0.180 e. The van der Waals surface area contributed by atoms with Crippen LogP contribution >= 0.6 is 0 Å². The maximum Gasteiger partial charge on any atom is 0.180 e. The predicted molar refractivity (Wildman–Crippen MR) is 124 cm³/mol. The predicted octanol–water partition coefficient (Wildman–Crippen LogP) is 5.31. The van der Waals surface area contributed by atoms with E-state index >= 15 is 0 Å². The highest BCUT2D eigenvalue weighted by Gasteiger charge is 2.10. The van der Waals surface area contributed by atoms with Crippen LogP contribution in [-0.4, -0.2) is 24.9 Å². The van der Waals surface area contributed by atoms with Crippen molar-refractivity contribution in [3.63, 3.8) is 0 Å². The van der Waals surface area contributed by atoms with Gasteiger partial charge in [-0.3, -0.25) is 9.97 Å². The standard InChI is InChI=1S/C25H22N6/c1-16-17(2)29-21-9-8-18(12-20(16)21)14-28-24-13-23(19-6-5-10-26-15-19)30-25(31-24)22-7-3-4-11-27-22/h3-13,15,29H,14H2,1-2H3,(H,28,30,31). The fourth-order valence-corrected chi connectivity index (χ4v) is 3.62. The lowest BCUT2D eigenvalue weighted by Crippen LogP contribution is -2.04. The van der Waals surface area contributed by atoms with Crippen molar-refractivity contribution in [1.29, 1.82) is 0 Å². The van der Waals surface area contributed by atoms with Gasteiger partial charge in [0.25, 0.3) is 0 Å². The average molecular weight is 406 g/mol. The van der Waals surface area contributed by atoms with Gasteiger partial charge in [0.1, 0.15) is 11.5 Å². The molecule has 0 saturated carbocycles. The van der Waals surface area contributed by atoms with Crippen LogP contribution in [0.3, 0.4) is 0 Å². The largest absolute Gasteiger partial charge is 0.366 e. The van der Waals surface area contributed by atoms with Gasteiger partial charge in [0.2, 0.25) is 0 Å². The molecule has 0 saturated heterocycles. The highest BCUT2D eigenvalue weighted by Crippen LogP contribution is 2.25. The van der Waals surface area contributed by atoms with Gasteiger partial charge >= 0.3 is 0 Å². The summed E-state index contributed by atoms with van der Waals surface area (Å²) < 4.78 is 0. The van der Waals surface area contributed by atoms with Crippen molar-refractivity contribution < 1.29 is 0 Å². The van der Waals surface area contributed by atoms with Gasteiger partial charge in [0.05, 0.1) is 5.69 Å². The van der Waals surface area contributed by atoms with Gasteiger partial charge < -0.3 is 10.3 Å². The SMILES string of the molecule is Cc1[nH]c2ccc(CNc3cc(-c4cccnc4)nc(-c4ccccn4)n3)cc2c1C. The molecular weight excluding hydrogens is 384 g/mol. The van der Waals surface area contributed by atoms with Crippen molar-refractivity contribution in [2.45, 2.75) is 20.4 Å². The lowest BCUT2D eigenvalue weighted by molar-refractivity contribution is 1.08. The van der Waals surface area contributed by atoms with Crippen LogP contribution < -0.4 is 5.32 Å². The Balaban J connectivity index is 1.49. The molecule has 6 nitrogen and oxygen atoms in total. The van der Waals surface area contributed by atoms with E-state index in [9.17, 15) is 0 Å². The molecule has 0 atom stereocenters. The Morgan fingerprint density at radius 1 is 0.903 bits per heavy atom. The van der Waals surface area contributed by atoms with Gasteiger partial charge in [-0.2, -0.15) is 0 Å². The minimum Gasteiger partial charge on any atom is -0.366 e. The second kappa shape index (κ2) is 7.99. The molecule has 5 rings (SSSR count). The second-order valence-corrected chi connectivity index (χ2v) is 7.53. The molecule has 5 aromatic rings. The number of aromatic amines is 1. The number of hydrogen-bond acceptors (Lipinski definition) is 5. The molecule has 2 N–H and O–H groups in total. The van der Waals surface area contributed by atoms with Crippen molar-refractivity contribution in [2.75, 3.05) is 5.32 Å². The first kappa shape index (κ1) is 18.9. The van der Waals surface area contributed by atoms with Crippen LogP contribution in [0.5, 0.6) is 0 Å². The monoisotopic (exact) mass is 406 g/mol. The second-order valence-electron chi connectivity index (χ2n) is 7.53. The molecule has 0 amide bonds. The minimum atomic E-state index is 0.581. The molecular formula is C25H22N6. The van der Waals surface area contributed by atoms with Crippen LogP contribution in [0.25, 0.3) is 33.7 Å². The molecule has 4 aromatic heterocycles. The number of aryl methyl sites for hydroxylation is 2. The molecule has 0 aliphatic rings. The van der Waals surface area contributed by atoms with E-state index in [0.717, 1.165) is 28.3 Å². The van der Waals surface area contributed by atoms with Crippen molar-refractivity contribution >= 4 is 16.7 Å². The lowest BCUT2D eigenvalue weighted by atomic mass is 10.1. The maximum atomic E-state index is 4.73. The summed E-state index contributed by atoms with van der Waals surface area (Å²) in [5.74, 6) is 1.33. The van der Waals surface area contributed by atoms with Crippen LogP contribution in [0, 0.1) is 13.8 Å². The first-order valence-electron chi connectivity index (χ1n) is 10.2. The van der Waals surface area contributed by atoms with Gasteiger partial charge in [-0.1, -0.05) is 12.1 Å². The van der Waals surface area contributed by atoms with E-state index in [1.54, 1.807) is 18.6 Å². The molecule has 0 aliphatic carbocycles. The Morgan fingerprint density at radius 3 is 2.65 bits per heavy atom. The lowest BCUT2D eigenvalue weighted by Gasteiger charge is -2.10. The molecule has 0 bridgehead atoms. The molecule has 0 radical (unpaired) electrons. The topological polar surface area (TPSA) is 79.4 Å². The van der Waals surface area contributed by atoms with Crippen LogP contribution in [0.4, 0.5) is 5.82 Å². The maximum absolute atomic E-state index is 4.73. The van der Waals surface area contributed by atoms with E-state index in [2.05, 4.69) is 52.3 Å². The zero-order valence-corrected chi connectivity index (χ0v) is 17.4. The average Bonchev–Trinajstić information content (AvgIpc) is 3.11. The van der Waals surface area contributed by atoms with Crippen molar-refractivity contribution in [3.8, 4) is 22.8 Å². The normalized spacial score (nSPS) is 11.0. The molecule has 6 heteroatoms. The number of H-pyrrole nitrogens is 1. The Kier molecular flexibility index (Phi) is 4.88. The molecule has 31 heavy (non-hydrogen) atoms. The van der Waals surface area contributed by atoms with Crippen molar-refractivity contribution in [1.82, 2.24) is 24.9 Å². The Bertz CT molecular complexity index is 1290. The van der Waals surface area contributed by atoms with Crippen LogP contribution in [0.1, 0.15) is 16.8 Å². The number of nitrogens with zero attached hydrogens (tertiary/aromatic N) is 4. The van der Waals surface area contributed by atoms with E-state index in [4.69, 9.17) is 9.97 Å². The van der Waals surface area contributed by atoms with Gasteiger partial charge in [-0.25, -0.2) is 9.97 Å². The summed E-state index contributed by atoms with van der Waals surface area (Å²) in [5.41, 5.74) is 7.32. The molecule has 0 spiro atoms. The summed E-state index contributed by atoms with van der Waals surface area (Å²) in [6.45, 7) is 4.91. The number of nitrogens with one attached hydrogen (secondary N) is 2. The molecule has 1 aromatic carbocycles. The third-order valence-electron chi connectivity index (χ3n) is 5.42. The Labute approximate surface area is 180 Å². The number of aromatic nitrogens is 5. The van der Waals surface area contributed by atoms with Crippen LogP contribution in [0.2, 0.25) is 0 Å². The zero-order chi connectivity index (χ0) is 21.2. The number of pyridine rings is 2. The summed E-state index contributed by atoms with van der Waals surface area (Å²) in [7, 11) is 0. The highest BCUT2D eigenvalue weighted by atomic mass is 15.0. The summed E-state index contributed by atoms with van der Waals surface area (Å²) >= 11 is 0. The zero-order valence-electron chi connectivity index (χ0n) is 17.4. The van der Waals surface area contributed by atoms with Crippen molar-refractivity contribution in [2.24, 2.45) is 0 Å².